The van der Waals surface area contributed by atoms with Crippen LogP contribution in [0.4, 0.5) is 0 Å². The molecule has 0 heterocycles. The SMILES string of the molecule is COC(=O)c1ccc(OC)c(Oc2ccc(CO)cc2)c1. The zero-order chi connectivity index (χ0) is 15.2. The Morgan fingerprint density at radius 2 is 1.76 bits per heavy atom. The molecular formula is C16H16O5. The summed E-state index contributed by atoms with van der Waals surface area (Å²) in [6, 6.07) is 11.8. The number of esters is 1. The molecule has 0 spiro atoms. The third-order valence-corrected chi connectivity index (χ3v) is 2.92. The van der Waals surface area contributed by atoms with Crippen LogP contribution < -0.4 is 9.47 Å². The van der Waals surface area contributed by atoms with E-state index in [1.165, 1.54) is 14.2 Å². The van der Waals surface area contributed by atoms with Gasteiger partial charge in [0, 0.05) is 0 Å². The Bertz CT molecular complexity index is 619. The van der Waals surface area contributed by atoms with Gasteiger partial charge in [0.2, 0.25) is 0 Å². The van der Waals surface area contributed by atoms with Crippen molar-refractivity contribution in [3.8, 4) is 17.2 Å². The second-order valence-electron chi connectivity index (χ2n) is 4.26. The topological polar surface area (TPSA) is 65.0 Å². The standard InChI is InChI=1S/C16H16O5/c1-19-14-8-5-12(16(18)20-2)9-15(14)21-13-6-3-11(10-17)4-7-13/h3-9,17H,10H2,1-2H3. The van der Waals surface area contributed by atoms with Gasteiger partial charge >= 0.3 is 5.97 Å². The Morgan fingerprint density at radius 3 is 2.33 bits per heavy atom. The van der Waals surface area contributed by atoms with Crippen molar-refractivity contribution in [3.63, 3.8) is 0 Å². The predicted octanol–water partition coefficient (Wildman–Crippen LogP) is 2.77. The van der Waals surface area contributed by atoms with Crippen LogP contribution in [0.25, 0.3) is 0 Å². The van der Waals surface area contributed by atoms with Crippen LogP contribution in [0.3, 0.4) is 0 Å². The van der Waals surface area contributed by atoms with Crippen LogP contribution in [0.1, 0.15) is 15.9 Å². The molecule has 0 fully saturated rings. The van der Waals surface area contributed by atoms with E-state index in [1.807, 2.05) is 0 Å². The van der Waals surface area contributed by atoms with Gasteiger partial charge < -0.3 is 19.3 Å². The molecule has 0 atom stereocenters. The van der Waals surface area contributed by atoms with Gasteiger partial charge in [-0.3, -0.25) is 0 Å². The molecule has 1 N–H and O–H groups in total. The lowest BCUT2D eigenvalue weighted by molar-refractivity contribution is 0.0600. The van der Waals surface area contributed by atoms with Crippen molar-refractivity contribution in [2.75, 3.05) is 14.2 Å². The Kier molecular flexibility index (Phi) is 4.79. The average molecular weight is 288 g/mol. The minimum atomic E-state index is -0.446. The Morgan fingerprint density at radius 1 is 1.05 bits per heavy atom. The summed E-state index contributed by atoms with van der Waals surface area (Å²) in [5.41, 5.74) is 1.16. The van der Waals surface area contributed by atoms with Crippen LogP contribution in [0.5, 0.6) is 17.2 Å². The summed E-state index contributed by atoms with van der Waals surface area (Å²) in [4.78, 5) is 11.6. The number of carbonyl (C=O) groups excluding carboxylic acids is 1. The van der Waals surface area contributed by atoms with Crippen LogP contribution in [0.15, 0.2) is 42.5 Å². The van der Waals surface area contributed by atoms with E-state index in [0.717, 1.165) is 5.56 Å². The van der Waals surface area contributed by atoms with Crippen molar-refractivity contribution in [3.05, 3.63) is 53.6 Å². The predicted molar refractivity (Wildman–Crippen MR) is 76.8 cm³/mol. The molecule has 0 amide bonds. The molecule has 5 heteroatoms. The van der Waals surface area contributed by atoms with Gasteiger partial charge in [0.25, 0.3) is 0 Å². The Balaban J connectivity index is 2.29. The zero-order valence-electron chi connectivity index (χ0n) is 11.8. The molecular weight excluding hydrogens is 272 g/mol. The number of rotatable bonds is 5. The highest BCUT2D eigenvalue weighted by Crippen LogP contribution is 2.32. The van der Waals surface area contributed by atoms with E-state index in [1.54, 1.807) is 42.5 Å². The van der Waals surface area contributed by atoms with Gasteiger partial charge in [0.05, 0.1) is 26.4 Å². The van der Waals surface area contributed by atoms with Crippen LogP contribution in [0, 0.1) is 0 Å². The molecule has 0 saturated heterocycles. The Labute approximate surface area is 122 Å². The second kappa shape index (κ2) is 6.76. The molecule has 0 saturated carbocycles. The highest BCUT2D eigenvalue weighted by molar-refractivity contribution is 5.90. The first-order valence-electron chi connectivity index (χ1n) is 6.32. The van der Waals surface area contributed by atoms with E-state index in [-0.39, 0.29) is 6.61 Å². The van der Waals surface area contributed by atoms with E-state index in [4.69, 9.17) is 14.6 Å². The molecule has 21 heavy (non-hydrogen) atoms. The summed E-state index contributed by atoms with van der Waals surface area (Å²) in [6.45, 7) is -0.0264. The molecule has 2 aromatic carbocycles. The number of carbonyl (C=O) groups is 1. The number of aliphatic hydroxyl groups excluding tert-OH is 1. The Hall–Kier alpha value is -2.53. The summed E-state index contributed by atoms with van der Waals surface area (Å²) < 4.78 is 15.6. The lowest BCUT2D eigenvalue weighted by Crippen LogP contribution is -2.02. The van der Waals surface area contributed by atoms with Gasteiger partial charge in [0.1, 0.15) is 5.75 Å². The number of aliphatic hydroxyl groups is 1. The van der Waals surface area contributed by atoms with Crippen LogP contribution >= 0.6 is 0 Å². The van der Waals surface area contributed by atoms with Crippen LogP contribution in [0.2, 0.25) is 0 Å². The molecule has 0 aliphatic rings. The van der Waals surface area contributed by atoms with Crippen molar-refractivity contribution in [1.82, 2.24) is 0 Å². The highest BCUT2D eigenvalue weighted by atomic mass is 16.5. The number of ether oxygens (including phenoxy) is 3. The van der Waals surface area contributed by atoms with Crippen molar-refractivity contribution in [2.45, 2.75) is 6.61 Å². The average Bonchev–Trinajstić information content (AvgIpc) is 2.54. The molecule has 2 aromatic rings. The lowest BCUT2D eigenvalue weighted by atomic mass is 10.2. The van der Waals surface area contributed by atoms with Crippen molar-refractivity contribution in [2.24, 2.45) is 0 Å². The summed E-state index contributed by atoms with van der Waals surface area (Å²) in [5.74, 6) is 1.05. The molecule has 2 rings (SSSR count). The minimum Gasteiger partial charge on any atom is -0.493 e. The maximum absolute atomic E-state index is 11.6. The van der Waals surface area contributed by atoms with Gasteiger partial charge in [-0.25, -0.2) is 4.79 Å². The first-order chi connectivity index (χ1) is 10.2. The fourth-order valence-corrected chi connectivity index (χ4v) is 1.79. The van der Waals surface area contributed by atoms with E-state index in [9.17, 15) is 4.79 Å². The number of benzene rings is 2. The first kappa shape index (κ1) is 14.9. The van der Waals surface area contributed by atoms with Crippen LogP contribution in [-0.4, -0.2) is 25.3 Å². The summed E-state index contributed by atoms with van der Waals surface area (Å²) >= 11 is 0. The molecule has 0 aromatic heterocycles. The lowest BCUT2D eigenvalue weighted by Gasteiger charge is -2.11. The third-order valence-electron chi connectivity index (χ3n) is 2.92. The summed E-state index contributed by atoms with van der Waals surface area (Å²) in [6.07, 6.45) is 0. The maximum atomic E-state index is 11.6. The zero-order valence-corrected chi connectivity index (χ0v) is 11.8. The van der Waals surface area contributed by atoms with E-state index >= 15 is 0 Å². The molecule has 0 radical (unpaired) electrons. The minimum absolute atomic E-state index is 0.0264. The van der Waals surface area contributed by atoms with Gasteiger partial charge in [-0.15, -0.1) is 0 Å². The molecule has 0 bridgehead atoms. The largest absolute Gasteiger partial charge is 0.493 e. The third kappa shape index (κ3) is 3.52. The number of hydrogen-bond donors (Lipinski definition) is 1. The van der Waals surface area contributed by atoms with Gasteiger partial charge in [-0.2, -0.15) is 0 Å². The molecule has 110 valence electrons. The smallest absolute Gasteiger partial charge is 0.337 e. The van der Waals surface area contributed by atoms with Crippen molar-refractivity contribution in [1.29, 1.82) is 0 Å². The van der Waals surface area contributed by atoms with E-state index in [2.05, 4.69) is 4.74 Å². The van der Waals surface area contributed by atoms with Crippen molar-refractivity contribution < 1.29 is 24.1 Å². The van der Waals surface area contributed by atoms with E-state index in [0.29, 0.717) is 22.8 Å². The molecule has 5 nitrogen and oxygen atoms in total. The maximum Gasteiger partial charge on any atom is 0.337 e. The van der Waals surface area contributed by atoms with Gasteiger partial charge in [0.15, 0.2) is 11.5 Å². The number of hydrogen-bond acceptors (Lipinski definition) is 5. The number of methoxy groups -OCH3 is 2. The quantitative estimate of drug-likeness (QED) is 0.857. The van der Waals surface area contributed by atoms with Gasteiger partial charge in [-0.1, -0.05) is 12.1 Å². The monoisotopic (exact) mass is 288 g/mol. The molecule has 0 aliphatic heterocycles. The normalized spacial score (nSPS) is 10.0. The highest BCUT2D eigenvalue weighted by Gasteiger charge is 2.12. The van der Waals surface area contributed by atoms with Gasteiger partial charge in [-0.05, 0) is 35.9 Å². The first-order valence-corrected chi connectivity index (χ1v) is 6.32. The van der Waals surface area contributed by atoms with Crippen molar-refractivity contribution >= 4 is 5.97 Å². The molecule has 0 aliphatic carbocycles. The molecule has 0 unspecified atom stereocenters. The van der Waals surface area contributed by atoms with E-state index < -0.39 is 5.97 Å². The fraction of sp³-hybridized carbons (Fsp3) is 0.188. The second-order valence-corrected chi connectivity index (χ2v) is 4.26. The summed E-state index contributed by atoms with van der Waals surface area (Å²) in [7, 11) is 2.84. The fourth-order valence-electron chi connectivity index (χ4n) is 1.79. The van der Waals surface area contributed by atoms with Crippen LogP contribution in [-0.2, 0) is 11.3 Å². The summed E-state index contributed by atoms with van der Waals surface area (Å²) in [5, 5.41) is 9.01.